The summed E-state index contributed by atoms with van der Waals surface area (Å²) in [6, 6.07) is 0. The van der Waals surface area contributed by atoms with Crippen LogP contribution in [0.25, 0.3) is 0 Å². The van der Waals surface area contributed by atoms with Gasteiger partial charge < -0.3 is 6.92 Å². The van der Waals surface area contributed by atoms with Gasteiger partial charge in [0.05, 0.1) is 0 Å². The third-order valence-electron chi connectivity index (χ3n) is 1.86. The molecule has 0 nitrogen and oxygen atoms in total. The van der Waals surface area contributed by atoms with E-state index in [1.54, 1.807) is 0 Å². The van der Waals surface area contributed by atoms with Gasteiger partial charge in [0.2, 0.25) is 0 Å². The van der Waals surface area contributed by atoms with Crippen LogP contribution in [0.4, 0.5) is 0 Å². The Bertz CT molecular complexity index is 187. The van der Waals surface area contributed by atoms with Crippen molar-refractivity contribution in [3.63, 3.8) is 0 Å². The molecule has 0 heterocycles. The average molecular weight is 179 g/mol. The lowest BCUT2D eigenvalue weighted by atomic mass is 9.84. The zero-order chi connectivity index (χ0) is 10.5. The first-order valence-electron chi connectivity index (χ1n) is 5.09. The molecule has 0 amide bonds. The van der Waals surface area contributed by atoms with Gasteiger partial charge in [0.15, 0.2) is 0 Å². The van der Waals surface area contributed by atoms with Crippen LogP contribution in [0.1, 0.15) is 41.0 Å². The van der Waals surface area contributed by atoms with Gasteiger partial charge in [0, 0.05) is 0 Å². The first kappa shape index (κ1) is 12.5. The van der Waals surface area contributed by atoms with Gasteiger partial charge in [-0.1, -0.05) is 46.8 Å². The summed E-state index contributed by atoms with van der Waals surface area (Å²) >= 11 is 0. The highest BCUT2D eigenvalue weighted by Crippen LogP contribution is 2.27. The maximum Gasteiger partial charge on any atom is -0.0136 e. The minimum Gasteiger partial charge on any atom is -0.337 e. The maximum absolute atomic E-state index is 3.99. The highest BCUT2D eigenvalue weighted by Gasteiger charge is 2.13. The zero-order valence-electron chi connectivity index (χ0n) is 9.72. The highest BCUT2D eigenvalue weighted by atomic mass is 14.2. The number of rotatable bonds is 3. The van der Waals surface area contributed by atoms with Crippen LogP contribution < -0.4 is 0 Å². The van der Waals surface area contributed by atoms with Crippen molar-refractivity contribution in [3.05, 3.63) is 30.7 Å². The second-order valence-corrected chi connectivity index (χ2v) is 4.66. The molecule has 0 aliphatic rings. The molecule has 76 valence electrons. The molecule has 0 aromatic carbocycles. The predicted octanol–water partition coefficient (Wildman–Crippen LogP) is 4.40. The molecule has 1 atom stereocenters. The third kappa shape index (κ3) is 5.68. The van der Waals surface area contributed by atoms with E-state index in [-0.39, 0.29) is 5.41 Å². The third-order valence-corrected chi connectivity index (χ3v) is 1.86. The van der Waals surface area contributed by atoms with E-state index in [9.17, 15) is 0 Å². The zero-order valence-corrected chi connectivity index (χ0v) is 9.72. The lowest BCUT2D eigenvalue weighted by Crippen LogP contribution is -2.08. The Kier molecular flexibility index (Phi) is 5.05. The van der Waals surface area contributed by atoms with Gasteiger partial charge in [-0.15, -0.1) is 6.08 Å². The summed E-state index contributed by atoms with van der Waals surface area (Å²) in [6.07, 6.45) is 7.77. The van der Waals surface area contributed by atoms with Gasteiger partial charge in [-0.05, 0) is 17.4 Å². The Hall–Kier alpha value is -0.520. The van der Waals surface area contributed by atoms with Crippen molar-refractivity contribution in [2.24, 2.45) is 11.3 Å². The normalized spacial score (nSPS) is 16.6. The molecule has 0 aliphatic heterocycles. The van der Waals surface area contributed by atoms with E-state index < -0.39 is 0 Å². The second kappa shape index (κ2) is 5.26. The predicted molar refractivity (Wildman–Crippen MR) is 61.5 cm³/mol. The summed E-state index contributed by atoms with van der Waals surface area (Å²) in [6.45, 7) is 15.0. The van der Waals surface area contributed by atoms with Crippen molar-refractivity contribution in [1.29, 1.82) is 0 Å². The van der Waals surface area contributed by atoms with Crippen molar-refractivity contribution in [2.45, 2.75) is 41.0 Å². The Morgan fingerprint density at radius 1 is 1.38 bits per heavy atom. The monoisotopic (exact) mass is 179 g/mol. The molecule has 0 fully saturated rings. The quantitative estimate of drug-likeness (QED) is 0.445. The Balaban J connectivity index is 4.67. The van der Waals surface area contributed by atoms with E-state index in [0.29, 0.717) is 5.92 Å². The average Bonchev–Trinajstić information content (AvgIpc) is 1.95. The van der Waals surface area contributed by atoms with Crippen molar-refractivity contribution in [3.8, 4) is 0 Å². The van der Waals surface area contributed by atoms with Crippen LogP contribution in [-0.2, 0) is 0 Å². The molecule has 0 rings (SSSR count). The van der Waals surface area contributed by atoms with Crippen LogP contribution in [0, 0.1) is 18.3 Å². The van der Waals surface area contributed by atoms with Gasteiger partial charge in [0.1, 0.15) is 0 Å². The second-order valence-electron chi connectivity index (χ2n) is 4.66. The summed E-state index contributed by atoms with van der Waals surface area (Å²) in [5, 5.41) is 0. The van der Waals surface area contributed by atoms with Gasteiger partial charge >= 0.3 is 0 Å². The van der Waals surface area contributed by atoms with Crippen LogP contribution >= 0.6 is 0 Å². The van der Waals surface area contributed by atoms with Crippen molar-refractivity contribution >= 4 is 0 Å². The van der Waals surface area contributed by atoms with Gasteiger partial charge in [-0.3, -0.25) is 0 Å². The van der Waals surface area contributed by atoms with E-state index >= 15 is 0 Å². The lowest BCUT2D eigenvalue weighted by molar-refractivity contribution is 0.512. The molecule has 0 saturated carbocycles. The molecule has 0 N–H and O–H groups in total. The molecule has 1 unspecified atom stereocenters. The van der Waals surface area contributed by atoms with Crippen molar-refractivity contribution in [1.82, 2.24) is 0 Å². The maximum atomic E-state index is 3.99. The van der Waals surface area contributed by atoms with Crippen molar-refractivity contribution in [2.75, 3.05) is 0 Å². The van der Waals surface area contributed by atoms with Crippen LogP contribution in [0.3, 0.4) is 0 Å². The molecule has 0 saturated heterocycles. The number of allylic oxidation sites excluding steroid dienone is 4. The SMILES string of the molecule is [CH2-]C(C)/C=C(\C=C/CC)C(C)(C)C. The summed E-state index contributed by atoms with van der Waals surface area (Å²) < 4.78 is 0. The standard InChI is InChI=1S/C13H23/c1-7-8-9-12(10-11(2)3)13(4,5)6/h8-11H,2,7H2,1,3-6H3/q-1/b9-8-,12-10+. The number of hydrogen-bond acceptors (Lipinski definition) is 0. The Labute approximate surface area is 83.7 Å². The highest BCUT2D eigenvalue weighted by molar-refractivity contribution is 5.25. The summed E-state index contributed by atoms with van der Waals surface area (Å²) in [5.74, 6) is 0.385. The summed E-state index contributed by atoms with van der Waals surface area (Å²) in [7, 11) is 0. The van der Waals surface area contributed by atoms with Crippen LogP contribution in [0.2, 0.25) is 0 Å². The van der Waals surface area contributed by atoms with E-state index in [1.807, 2.05) is 0 Å². The molecular weight excluding hydrogens is 156 g/mol. The van der Waals surface area contributed by atoms with Gasteiger partial charge in [0.25, 0.3) is 0 Å². The van der Waals surface area contributed by atoms with E-state index in [1.165, 1.54) is 5.57 Å². The van der Waals surface area contributed by atoms with Gasteiger partial charge in [-0.25, -0.2) is 0 Å². The molecule has 0 aromatic heterocycles. The molecule has 0 aliphatic carbocycles. The Morgan fingerprint density at radius 3 is 2.23 bits per heavy atom. The van der Waals surface area contributed by atoms with Crippen LogP contribution in [0.15, 0.2) is 23.8 Å². The van der Waals surface area contributed by atoms with Crippen LogP contribution in [0.5, 0.6) is 0 Å². The first-order valence-corrected chi connectivity index (χ1v) is 5.09. The summed E-state index contributed by atoms with van der Waals surface area (Å²) in [4.78, 5) is 0. The number of hydrogen-bond donors (Lipinski definition) is 0. The van der Waals surface area contributed by atoms with E-state index in [2.05, 4.69) is 59.8 Å². The largest absolute Gasteiger partial charge is 0.337 e. The molecule has 0 bridgehead atoms. The van der Waals surface area contributed by atoms with E-state index in [0.717, 1.165) is 6.42 Å². The fourth-order valence-corrected chi connectivity index (χ4v) is 1.11. The van der Waals surface area contributed by atoms with Crippen LogP contribution in [-0.4, -0.2) is 0 Å². The molecule has 0 radical (unpaired) electrons. The molecular formula is C13H23-. The lowest BCUT2D eigenvalue weighted by Gasteiger charge is -2.22. The molecule has 0 aromatic rings. The minimum atomic E-state index is 0.234. The van der Waals surface area contributed by atoms with E-state index in [4.69, 9.17) is 0 Å². The topological polar surface area (TPSA) is 0 Å². The molecule has 13 heavy (non-hydrogen) atoms. The minimum absolute atomic E-state index is 0.234. The molecule has 0 spiro atoms. The fourth-order valence-electron chi connectivity index (χ4n) is 1.11. The summed E-state index contributed by atoms with van der Waals surface area (Å²) in [5.41, 5.74) is 1.62. The fraction of sp³-hybridized carbons (Fsp3) is 0.615. The Morgan fingerprint density at radius 2 is 1.92 bits per heavy atom. The first-order chi connectivity index (χ1) is 5.88. The van der Waals surface area contributed by atoms with Crippen molar-refractivity contribution < 1.29 is 0 Å². The smallest absolute Gasteiger partial charge is 0.0136 e. The van der Waals surface area contributed by atoms with Gasteiger partial charge in [-0.2, -0.15) is 5.92 Å². The molecule has 0 heteroatoms.